The Morgan fingerprint density at radius 1 is 1.40 bits per heavy atom. The summed E-state index contributed by atoms with van der Waals surface area (Å²) in [5, 5.41) is 0. The molecule has 1 fully saturated rings. The molecule has 1 atom stereocenters. The van der Waals surface area contributed by atoms with E-state index >= 15 is 0 Å². The van der Waals surface area contributed by atoms with Crippen LogP contribution >= 0.6 is 0 Å². The lowest BCUT2D eigenvalue weighted by Gasteiger charge is -2.34. The van der Waals surface area contributed by atoms with Crippen LogP contribution in [0.3, 0.4) is 0 Å². The van der Waals surface area contributed by atoms with E-state index in [9.17, 15) is 4.79 Å². The highest BCUT2D eigenvalue weighted by Gasteiger charge is 2.45. The van der Waals surface area contributed by atoms with Crippen LogP contribution in [0.2, 0.25) is 0 Å². The third-order valence-corrected chi connectivity index (χ3v) is 5.23. The monoisotopic (exact) mass is 272 g/mol. The zero-order valence-corrected chi connectivity index (χ0v) is 12.5. The third-order valence-electron chi connectivity index (χ3n) is 5.23. The Morgan fingerprint density at radius 3 is 2.75 bits per heavy atom. The van der Waals surface area contributed by atoms with E-state index in [-0.39, 0.29) is 11.5 Å². The summed E-state index contributed by atoms with van der Waals surface area (Å²) in [6.07, 6.45) is 6.36. The number of amides is 1. The first-order valence-corrected chi connectivity index (χ1v) is 7.79. The highest BCUT2D eigenvalue weighted by Crippen LogP contribution is 2.45. The Kier molecular flexibility index (Phi) is 3.23. The topological polar surface area (TPSA) is 46.3 Å². The van der Waals surface area contributed by atoms with Gasteiger partial charge < -0.3 is 10.6 Å². The van der Waals surface area contributed by atoms with Gasteiger partial charge in [0.05, 0.1) is 0 Å². The number of rotatable bonds is 2. The van der Waals surface area contributed by atoms with Crippen LogP contribution in [0, 0.1) is 5.41 Å². The first kappa shape index (κ1) is 13.5. The molecule has 0 radical (unpaired) electrons. The van der Waals surface area contributed by atoms with E-state index in [1.807, 2.05) is 23.1 Å². The molecule has 1 heterocycles. The van der Waals surface area contributed by atoms with E-state index in [2.05, 4.69) is 13.8 Å². The minimum Gasteiger partial charge on any atom is -0.399 e. The maximum Gasteiger partial charge on any atom is 0.233 e. The van der Waals surface area contributed by atoms with E-state index in [4.69, 9.17) is 5.73 Å². The molecule has 20 heavy (non-hydrogen) atoms. The summed E-state index contributed by atoms with van der Waals surface area (Å²) in [4.78, 5) is 15.2. The summed E-state index contributed by atoms with van der Waals surface area (Å²) in [5.74, 6) is 0.341. The lowest BCUT2D eigenvalue weighted by atomic mass is 9.81. The van der Waals surface area contributed by atoms with E-state index in [1.165, 1.54) is 18.4 Å². The average Bonchev–Trinajstić information content (AvgIpc) is 3.02. The lowest BCUT2D eigenvalue weighted by Crippen LogP contribution is -2.45. The van der Waals surface area contributed by atoms with Crippen LogP contribution < -0.4 is 10.6 Å². The summed E-state index contributed by atoms with van der Waals surface area (Å²) in [5.41, 5.74) is 8.84. The summed E-state index contributed by atoms with van der Waals surface area (Å²) in [6.45, 7) is 4.31. The number of carbonyl (C=O) groups excluding carboxylic acids is 1. The van der Waals surface area contributed by atoms with Crippen molar-refractivity contribution in [1.82, 2.24) is 0 Å². The van der Waals surface area contributed by atoms with Crippen molar-refractivity contribution in [1.29, 1.82) is 0 Å². The Hall–Kier alpha value is -1.51. The van der Waals surface area contributed by atoms with Gasteiger partial charge in [0.2, 0.25) is 5.91 Å². The molecule has 3 nitrogen and oxygen atoms in total. The standard InChI is InChI=1S/C17H24N2O/c1-3-17(8-4-5-9-17)16(20)19-12(2)10-13-11-14(18)6-7-15(13)19/h6-7,11-12H,3-5,8-10,18H2,1-2H3. The van der Waals surface area contributed by atoms with Crippen molar-refractivity contribution in [3.8, 4) is 0 Å². The predicted molar refractivity (Wildman–Crippen MR) is 82.7 cm³/mol. The smallest absolute Gasteiger partial charge is 0.233 e. The molecule has 2 N–H and O–H groups in total. The Bertz CT molecular complexity index is 532. The fraction of sp³-hybridized carbons (Fsp3) is 0.588. The van der Waals surface area contributed by atoms with Crippen molar-refractivity contribution < 1.29 is 4.79 Å². The molecule has 1 saturated carbocycles. The third kappa shape index (κ3) is 1.91. The van der Waals surface area contributed by atoms with Gasteiger partial charge in [0, 0.05) is 22.8 Å². The van der Waals surface area contributed by atoms with Crippen LogP contribution in [0.5, 0.6) is 0 Å². The van der Waals surface area contributed by atoms with E-state index in [0.29, 0.717) is 5.91 Å². The Balaban J connectivity index is 1.96. The van der Waals surface area contributed by atoms with Crippen LogP contribution in [-0.2, 0) is 11.2 Å². The number of nitrogens with two attached hydrogens (primary N) is 1. The highest BCUT2D eigenvalue weighted by molar-refractivity contribution is 6.00. The van der Waals surface area contributed by atoms with Crippen molar-refractivity contribution in [2.24, 2.45) is 5.41 Å². The Labute approximate surface area is 121 Å². The number of anilines is 2. The van der Waals surface area contributed by atoms with E-state index < -0.39 is 0 Å². The fourth-order valence-electron chi connectivity index (χ4n) is 3.99. The summed E-state index contributed by atoms with van der Waals surface area (Å²) in [6, 6.07) is 6.20. The quantitative estimate of drug-likeness (QED) is 0.837. The second-order valence-corrected chi connectivity index (χ2v) is 6.46. The van der Waals surface area contributed by atoms with Crippen LogP contribution in [0.4, 0.5) is 11.4 Å². The number of benzene rings is 1. The van der Waals surface area contributed by atoms with E-state index in [0.717, 1.165) is 37.1 Å². The molecule has 1 aliphatic heterocycles. The van der Waals surface area contributed by atoms with Crippen molar-refractivity contribution in [3.63, 3.8) is 0 Å². The second kappa shape index (κ2) is 4.80. The predicted octanol–water partition coefficient (Wildman–Crippen LogP) is 3.52. The van der Waals surface area contributed by atoms with Crippen LogP contribution in [-0.4, -0.2) is 11.9 Å². The zero-order valence-electron chi connectivity index (χ0n) is 12.5. The average molecular weight is 272 g/mol. The zero-order chi connectivity index (χ0) is 14.3. The number of nitrogens with zero attached hydrogens (tertiary/aromatic N) is 1. The number of carbonyl (C=O) groups is 1. The molecule has 2 aliphatic rings. The fourth-order valence-corrected chi connectivity index (χ4v) is 3.99. The largest absolute Gasteiger partial charge is 0.399 e. The van der Waals surface area contributed by atoms with Crippen LogP contribution in [0.15, 0.2) is 18.2 Å². The molecule has 3 heteroatoms. The first-order valence-electron chi connectivity index (χ1n) is 7.79. The lowest BCUT2D eigenvalue weighted by molar-refractivity contribution is -0.128. The molecule has 0 bridgehead atoms. The molecule has 0 saturated heterocycles. The van der Waals surface area contributed by atoms with Gasteiger partial charge in [-0.3, -0.25) is 4.79 Å². The molecule has 3 rings (SSSR count). The molecule has 1 amide bonds. The molecule has 1 aromatic carbocycles. The van der Waals surface area contributed by atoms with Crippen molar-refractivity contribution in [2.45, 2.75) is 58.4 Å². The molecule has 1 aromatic rings. The van der Waals surface area contributed by atoms with Gasteiger partial charge in [0.25, 0.3) is 0 Å². The molecule has 1 unspecified atom stereocenters. The maximum atomic E-state index is 13.2. The van der Waals surface area contributed by atoms with Crippen molar-refractivity contribution >= 4 is 17.3 Å². The second-order valence-electron chi connectivity index (χ2n) is 6.46. The van der Waals surface area contributed by atoms with Crippen molar-refractivity contribution in [2.75, 3.05) is 10.6 Å². The molecule has 0 aromatic heterocycles. The summed E-state index contributed by atoms with van der Waals surface area (Å²) >= 11 is 0. The van der Waals surface area contributed by atoms with Gasteiger partial charge in [-0.2, -0.15) is 0 Å². The molecule has 108 valence electrons. The van der Waals surface area contributed by atoms with Gasteiger partial charge in [0.1, 0.15) is 0 Å². The number of hydrogen-bond donors (Lipinski definition) is 1. The SMILES string of the molecule is CCC1(C(=O)N2c3ccc(N)cc3CC2C)CCCC1. The van der Waals surface area contributed by atoms with Gasteiger partial charge in [-0.15, -0.1) is 0 Å². The van der Waals surface area contributed by atoms with Crippen LogP contribution in [0.25, 0.3) is 0 Å². The first-order chi connectivity index (χ1) is 9.57. The molecular formula is C17H24N2O. The van der Waals surface area contributed by atoms with Crippen LogP contribution in [0.1, 0.15) is 51.5 Å². The summed E-state index contributed by atoms with van der Waals surface area (Å²) in [7, 11) is 0. The number of nitrogen functional groups attached to an aromatic ring is 1. The van der Waals surface area contributed by atoms with E-state index in [1.54, 1.807) is 0 Å². The van der Waals surface area contributed by atoms with Crippen molar-refractivity contribution in [3.05, 3.63) is 23.8 Å². The van der Waals surface area contributed by atoms with Gasteiger partial charge in [-0.1, -0.05) is 19.8 Å². The number of fused-ring (bicyclic) bond motifs is 1. The van der Waals surface area contributed by atoms with Gasteiger partial charge >= 0.3 is 0 Å². The van der Waals surface area contributed by atoms with Gasteiger partial charge in [-0.05, 0) is 56.4 Å². The highest BCUT2D eigenvalue weighted by atomic mass is 16.2. The summed E-state index contributed by atoms with van der Waals surface area (Å²) < 4.78 is 0. The minimum absolute atomic E-state index is 0.114. The number of hydrogen-bond acceptors (Lipinski definition) is 2. The minimum atomic E-state index is -0.114. The molecule has 0 spiro atoms. The van der Waals surface area contributed by atoms with Gasteiger partial charge in [-0.25, -0.2) is 0 Å². The molecular weight excluding hydrogens is 248 g/mol. The maximum absolute atomic E-state index is 13.2. The Morgan fingerprint density at radius 2 is 2.10 bits per heavy atom. The molecule has 1 aliphatic carbocycles. The normalized spacial score (nSPS) is 23.9. The van der Waals surface area contributed by atoms with Gasteiger partial charge in [0.15, 0.2) is 0 Å².